The molecule has 1 aliphatic heterocycles. The minimum atomic E-state index is -0.648. The van der Waals surface area contributed by atoms with Gasteiger partial charge in [0.15, 0.2) is 5.82 Å². The predicted octanol–water partition coefficient (Wildman–Crippen LogP) is 1.90. The van der Waals surface area contributed by atoms with Crippen LogP contribution in [-0.4, -0.2) is 48.8 Å². The van der Waals surface area contributed by atoms with Gasteiger partial charge in [-0.1, -0.05) is 12.1 Å². The Hall–Kier alpha value is -2.54. The smallest absolute Gasteiger partial charge is 0.175 e. The van der Waals surface area contributed by atoms with E-state index in [0.717, 1.165) is 35.7 Å². The molecule has 1 fully saturated rings. The Morgan fingerprint density at radius 1 is 1.00 bits per heavy atom. The van der Waals surface area contributed by atoms with E-state index in [4.69, 9.17) is 0 Å². The van der Waals surface area contributed by atoms with Gasteiger partial charge in [0.25, 0.3) is 0 Å². The molecule has 0 spiro atoms. The Bertz CT molecular complexity index is 837. The van der Waals surface area contributed by atoms with Gasteiger partial charge in [-0.05, 0) is 29.8 Å². The zero-order valence-electron chi connectivity index (χ0n) is 13.1. The Balaban J connectivity index is 1.53. The second-order valence-corrected chi connectivity index (χ2v) is 7.33. The molecule has 4 rings (SSSR count). The Labute approximate surface area is 142 Å². The van der Waals surface area contributed by atoms with Crippen LogP contribution in [0.3, 0.4) is 0 Å². The van der Waals surface area contributed by atoms with E-state index < -0.39 is 10.8 Å². The van der Waals surface area contributed by atoms with Crippen LogP contribution in [0.2, 0.25) is 0 Å². The highest BCUT2D eigenvalue weighted by Gasteiger charge is 2.15. The number of hydrogen-bond donors (Lipinski definition) is 0. The van der Waals surface area contributed by atoms with Crippen LogP contribution in [-0.2, 0) is 10.8 Å². The van der Waals surface area contributed by atoms with Crippen molar-refractivity contribution in [2.75, 3.05) is 29.5 Å². The van der Waals surface area contributed by atoms with Crippen LogP contribution in [0.25, 0.3) is 16.9 Å². The minimum absolute atomic E-state index is 0.648. The summed E-state index contributed by atoms with van der Waals surface area (Å²) in [5.41, 5.74) is 3.32. The van der Waals surface area contributed by atoms with Crippen molar-refractivity contribution in [1.29, 1.82) is 0 Å². The summed E-state index contributed by atoms with van der Waals surface area (Å²) in [6.07, 6.45) is 5.42. The molecule has 3 aromatic rings. The molecule has 6 nitrogen and oxygen atoms in total. The van der Waals surface area contributed by atoms with Crippen molar-refractivity contribution < 1.29 is 4.21 Å². The summed E-state index contributed by atoms with van der Waals surface area (Å²) < 4.78 is 13.2. The molecule has 122 valence electrons. The normalized spacial score (nSPS) is 15.6. The van der Waals surface area contributed by atoms with Crippen molar-refractivity contribution in [3.8, 4) is 16.9 Å². The molecule has 3 heterocycles. The molecule has 0 atom stereocenters. The standard InChI is InChI=1S/C17H17N5OS/c23-24-10-8-21(9-11-24)16-5-3-14(4-6-16)15-12-19-22(13-15)17-2-1-7-18-20-17/h1-7,12-13H,8-11H2. The fourth-order valence-corrected chi connectivity index (χ4v) is 3.83. The van der Waals surface area contributed by atoms with E-state index in [9.17, 15) is 4.21 Å². The molecular formula is C17H17N5OS. The van der Waals surface area contributed by atoms with Gasteiger partial charge in [-0.2, -0.15) is 10.2 Å². The van der Waals surface area contributed by atoms with Crippen molar-refractivity contribution in [3.63, 3.8) is 0 Å². The highest BCUT2D eigenvalue weighted by Crippen LogP contribution is 2.24. The van der Waals surface area contributed by atoms with Crippen LogP contribution >= 0.6 is 0 Å². The molecule has 0 saturated carbocycles. The summed E-state index contributed by atoms with van der Waals surface area (Å²) in [5.74, 6) is 2.21. The molecule has 0 radical (unpaired) electrons. The van der Waals surface area contributed by atoms with Gasteiger partial charge >= 0.3 is 0 Å². The Morgan fingerprint density at radius 3 is 2.50 bits per heavy atom. The average Bonchev–Trinajstić information content (AvgIpc) is 3.13. The van der Waals surface area contributed by atoms with E-state index in [1.54, 1.807) is 10.9 Å². The molecule has 1 saturated heterocycles. The van der Waals surface area contributed by atoms with E-state index in [1.807, 2.05) is 24.5 Å². The number of nitrogens with zero attached hydrogens (tertiary/aromatic N) is 5. The van der Waals surface area contributed by atoms with E-state index >= 15 is 0 Å². The van der Waals surface area contributed by atoms with E-state index in [1.165, 1.54) is 5.69 Å². The van der Waals surface area contributed by atoms with Crippen LogP contribution in [0.5, 0.6) is 0 Å². The molecule has 1 aromatic carbocycles. The summed E-state index contributed by atoms with van der Waals surface area (Å²) in [6, 6.07) is 12.1. The van der Waals surface area contributed by atoms with Gasteiger partial charge in [-0.15, -0.1) is 5.10 Å². The number of rotatable bonds is 3. The maximum Gasteiger partial charge on any atom is 0.175 e. The van der Waals surface area contributed by atoms with Crippen LogP contribution < -0.4 is 4.90 Å². The van der Waals surface area contributed by atoms with Gasteiger partial charge in [-0.25, -0.2) is 4.68 Å². The highest BCUT2D eigenvalue weighted by atomic mass is 32.2. The van der Waals surface area contributed by atoms with E-state index in [0.29, 0.717) is 5.82 Å². The monoisotopic (exact) mass is 339 g/mol. The van der Waals surface area contributed by atoms with Gasteiger partial charge in [0, 0.05) is 59.0 Å². The SMILES string of the molecule is O=S1CCN(c2ccc(-c3cnn(-c4cccnn4)c3)cc2)CC1. The van der Waals surface area contributed by atoms with Crippen molar-refractivity contribution >= 4 is 16.5 Å². The number of anilines is 1. The first-order valence-corrected chi connectivity index (χ1v) is 9.31. The largest absolute Gasteiger partial charge is 0.370 e. The summed E-state index contributed by atoms with van der Waals surface area (Å²) in [7, 11) is -0.648. The van der Waals surface area contributed by atoms with Gasteiger partial charge in [0.2, 0.25) is 0 Å². The van der Waals surface area contributed by atoms with Crippen LogP contribution in [0.15, 0.2) is 55.0 Å². The third kappa shape index (κ3) is 3.07. The Kier molecular flexibility index (Phi) is 4.08. The zero-order chi connectivity index (χ0) is 16.4. The quantitative estimate of drug-likeness (QED) is 0.729. The molecule has 2 aromatic heterocycles. The Morgan fingerprint density at radius 2 is 1.79 bits per heavy atom. The minimum Gasteiger partial charge on any atom is -0.370 e. The van der Waals surface area contributed by atoms with Crippen LogP contribution in [0.1, 0.15) is 0 Å². The van der Waals surface area contributed by atoms with Crippen molar-refractivity contribution in [3.05, 3.63) is 55.0 Å². The van der Waals surface area contributed by atoms with Crippen LogP contribution in [0.4, 0.5) is 5.69 Å². The maximum absolute atomic E-state index is 11.5. The lowest BCUT2D eigenvalue weighted by Gasteiger charge is -2.28. The fraction of sp³-hybridized carbons (Fsp3) is 0.235. The molecule has 0 bridgehead atoms. The molecule has 0 amide bonds. The van der Waals surface area contributed by atoms with Crippen molar-refractivity contribution in [2.45, 2.75) is 0 Å². The lowest BCUT2D eigenvalue weighted by Crippen LogP contribution is -2.37. The number of benzene rings is 1. The van der Waals surface area contributed by atoms with Gasteiger partial charge < -0.3 is 4.90 Å². The zero-order valence-corrected chi connectivity index (χ0v) is 13.9. The molecule has 1 aliphatic rings. The fourth-order valence-electron chi connectivity index (χ4n) is 2.77. The topological polar surface area (TPSA) is 63.9 Å². The summed E-state index contributed by atoms with van der Waals surface area (Å²) in [5, 5.41) is 12.3. The van der Waals surface area contributed by atoms with E-state index in [-0.39, 0.29) is 0 Å². The van der Waals surface area contributed by atoms with Gasteiger partial charge in [0.05, 0.1) is 6.20 Å². The average molecular weight is 339 g/mol. The predicted molar refractivity (Wildman–Crippen MR) is 94.7 cm³/mol. The summed E-state index contributed by atoms with van der Waals surface area (Å²) >= 11 is 0. The molecular weight excluding hydrogens is 322 g/mol. The molecule has 0 aliphatic carbocycles. The lowest BCUT2D eigenvalue weighted by molar-refractivity contribution is 0.673. The molecule has 0 N–H and O–H groups in total. The first kappa shape index (κ1) is 15.0. The second-order valence-electron chi connectivity index (χ2n) is 5.64. The molecule has 24 heavy (non-hydrogen) atoms. The first-order valence-electron chi connectivity index (χ1n) is 7.83. The number of hydrogen-bond acceptors (Lipinski definition) is 5. The molecule has 7 heteroatoms. The van der Waals surface area contributed by atoms with Gasteiger partial charge in [0.1, 0.15) is 0 Å². The third-order valence-electron chi connectivity index (χ3n) is 4.12. The lowest BCUT2D eigenvalue weighted by atomic mass is 10.1. The highest BCUT2D eigenvalue weighted by molar-refractivity contribution is 7.85. The maximum atomic E-state index is 11.5. The van der Waals surface area contributed by atoms with Crippen molar-refractivity contribution in [2.24, 2.45) is 0 Å². The summed E-state index contributed by atoms with van der Waals surface area (Å²) in [4.78, 5) is 2.29. The first-order chi connectivity index (χ1) is 11.8. The van der Waals surface area contributed by atoms with Crippen molar-refractivity contribution in [1.82, 2.24) is 20.0 Å². The van der Waals surface area contributed by atoms with Crippen LogP contribution in [0, 0.1) is 0 Å². The van der Waals surface area contributed by atoms with Gasteiger partial charge in [-0.3, -0.25) is 4.21 Å². The number of aromatic nitrogens is 4. The third-order valence-corrected chi connectivity index (χ3v) is 5.39. The molecule has 0 unspecified atom stereocenters. The van der Waals surface area contributed by atoms with E-state index in [2.05, 4.69) is 44.5 Å². The second kappa shape index (κ2) is 6.52. The summed E-state index contributed by atoms with van der Waals surface area (Å²) in [6.45, 7) is 1.72.